The summed E-state index contributed by atoms with van der Waals surface area (Å²) in [6, 6.07) is 3.45. The van der Waals surface area contributed by atoms with E-state index in [4.69, 9.17) is 9.84 Å². The van der Waals surface area contributed by atoms with Gasteiger partial charge in [-0.25, -0.2) is 9.78 Å². The zero-order valence-electron chi connectivity index (χ0n) is 11.2. The van der Waals surface area contributed by atoms with Crippen LogP contribution in [0.4, 0.5) is 5.69 Å². The smallest absolute Gasteiger partial charge is 0.335 e. The van der Waals surface area contributed by atoms with Gasteiger partial charge in [0.05, 0.1) is 17.1 Å². The quantitative estimate of drug-likeness (QED) is 0.640. The molecule has 0 aliphatic carbocycles. The number of aryl methyl sites for hydroxylation is 1. The van der Waals surface area contributed by atoms with Gasteiger partial charge in [-0.3, -0.25) is 10.1 Å². The average molecular weight is 291 g/mol. The third-order valence-electron chi connectivity index (χ3n) is 2.91. The maximum absolute atomic E-state index is 10.9. The van der Waals surface area contributed by atoms with Crippen LogP contribution in [0.3, 0.4) is 0 Å². The van der Waals surface area contributed by atoms with Crippen LogP contribution < -0.4 is 4.74 Å². The lowest BCUT2D eigenvalue weighted by Gasteiger charge is -2.07. The molecule has 0 atom stereocenters. The van der Waals surface area contributed by atoms with Gasteiger partial charge in [0.1, 0.15) is 5.82 Å². The van der Waals surface area contributed by atoms with Crippen LogP contribution in [0.15, 0.2) is 30.6 Å². The first-order valence-electron chi connectivity index (χ1n) is 6.10. The molecule has 21 heavy (non-hydrogen) atoms. The zero-order valence-corrected chi connectivity index (χ0v) is 11.2. The summed E-state index contributed by atoms with van der Waals surface area (Å²) in [5.74, 6) is -0.458. The molecule has 0 fully saturated rings. The Hall–Kier alpha value is -2.90. The van der Waals surface area contributed by atoms with E-state index in [0.29, 0.717) is 6.42 Å². The lowest BCUT2D eigenvalue weighted by Crippen LogP contribution is -2.08. The Labute approximate surface area is 119 Å². The molecule has 2 rings (SSSR count). The number of imidazole rings is 1. The van der Waals surface area contributed by atoms with E-state index in [1.807, 2.05) is 11.6 Å². The summed E-state index contributed by atoms with van der Waals surface area (Å²) in [6.07, 6.45) is 3.88. The van der Waals surface area contributed by atoms with Crippen molar-refractivity contribution in [3.63, 3.8) is 0 Å². The fraction of sp³-hybridized carbons (Fsp3) is 0.231. The minimum absolute atomic E-state index is 0.0610. The molecule has 0 radical (unpaired) electrons. The second-order valence-electron chi connectivity index (χ2n) is 4.30. The average Bonchev–Trinajstić information content (AvgIpc) is 2.84. The molecule has 1 heterocycles. The number of carboxylic acid groups (broad SMARTS) is 1. The summed E-state index contributed by atoms with van der Waals surface area (Å²) < 4.78 is 7.17. The molecule has 0 aliphatic heterocycles. The molecular formula is C13H13N3O5. The Morgan fingerprint density at radius 2 is 2.29 bits per heavy atom. The molecule has 0 saturated carbocycles. The number of ether oxygens (including phenoxy) is 1. The van der Waals surface area contributed by atoms with E-state index in [0.717, 1.165) is 18.0 Å². The van der Waals surface area contributed by atoms with Crippen molar-refractivity contribution < 1.29 is 19.6 Å². The van der Waals surface area contributed by atoms with Gasteiger partial charge < -0.3 is 14.4 Å². The minimum atomic E-state index is -1.17. The van der Waals surface area contributed by atoms with Crippen LogP contribution in [0, 0.1) is 10.1 Å². The number of aromatic carboxylic acids is 1. The number of nitrogens with zero attached hydrogens (tertiary/aromatic N) is 3. The molecule has 1 N–H and O–H groups in total. The molecule has 8 heteroatoms. The Balaban J connectivity index is 2.13. The van der Waals surface area contributed by atoms with Crippen molar-refractivity contribution in [3.8, 4) is 5.75 Å². The highest BCUT2D eigenvalue weighted by atomic mass is 16.6. The number of hydrogen-bond acceptors (Lipinski definition) is 5. The molecule has 8 nitrogen and oxygen atoms in total. The maximum atomic E-state index is 10.9. The second kappa shape index (κ2) is 6.04. The van der Waals surface area contributed by atoms with E-state index < -0.39 is 10.9 Å². The first kappa shape index (κ1) is 14.5. The standard InChI is InChI=1S/C13H13N3O5/c1-15-6-5-14-12(15)4-7-21-11-8-9(13(17)18)2-3-10(11)16(19)20/h2-3,5-6,8H,4,7H2,1H3,(H,17,18). The van der Waals surface area contributed by atoms with Crippen LogP contribution in [0.1, 0.15) is 16.2 Å². The highest BCUT2D eigenvalue weighted by Gasteiger charge is 2.18. The SMILES string of the molecule is Cn1ccnc1CCOc1cc(C(=O)O)ccc1[N+](=O)[O-]. The van der Waals surface area contributed by atoms with Crippen molar-refractivity contribution in [2.24, 2.45) is 7.05 Å². The molecular weight excluding hydrogens is 278 g/mol. The second-order valence-corrected chi connectivity index (χ2v) is 4.30. The van der Waals surface area contributed by atoms with Crippen molar-refractivity contribution in [1.82, 2.24) is 9.55 Å². The van der Waals surface area contributed by atoms with Crippen molar-refractivity contribution in [2.45, 2.75) is 6.42 Å². The molecule has 0 saturated heterocycles. The number of aromatic nitrogens is 2. The summed E-state index contributed by atoms with van der Waals surface area (Å²) in [7, 11) is 1.83. The van der Waals surface area contributed by atoms with E-state index in [1.165, 1.54) is 6.07 Å². The Morgan fingerprint density at radius 1 is 1.52 bits per heavy atom. The van der Waals surface area contributed by atoms with Crippen LogP contribution in [0.5, 0.6) is 5.75 Å². The summed E-state index contributed by atoms with van der Waals surface area (Å²) in [5.41, 5.74) is -0.326. The number of nitro benzene ring substituents is 1. The van der Waals surface area contributed by atoms with Gasteiger partial charge in [-0.1, -0.05) is 0 Å². The van der Waals surface area contributed by atoms with Crippen molar-refractivity contribution >= 4 is 11.7 Å². The van der Waals surface area contributed by atoms with Gasteiger partial charge in [-0.15, -0.1) is 0 Å². The van der Waals surface area contributed by atoms with Crippen LogP contribution >= 0.6 is 0 Å². The number of carbonyl (C=O) groups is 1. The number of nitro groups is 1. The lowest BCUT2D eigenvalue weighted by atomic mass is 10.2. The predicted molar refractivity (Wildman–Crippen MR) is 72.5 cm³/mol. The molecule has 0 spiro atoms. The van der Waals surface area contributed by atoms with Gasteiger partial charge in [-0.2, -0.15) is 0 Å². The monoisotopic (exact) mass is 291 g/mol. The zero-order chi connectivity index (χ0) is 15.4. The van der Waals surface area contributed by atoms with Crippen LogP contribution in [0.2, 0.25) is 0 Å². The van der Waals surface area contributed by atoms with E-state index in [9.17, 15) is 14.9 Å². The Morgan fingerprint density at radius 3 is 2.86 bits per heavy atom. The van der Waals surface area contributed by atoms with Crippen LogP contribution in [-0.4, -0.2) is 32.2 Å². The third kappa shape index (κ3) is 3.35. The molecule has 0 aliphatic rings. The first-order valence-corrected chi connectivity index (χ1v) is 6.10. The van der Waals surface area contributed by atoms with E-state index >= 15 is 0 Å². The van der Waals surface area contributed by atoms with Crippen LogP contribution in [-0.2, 0) is 13.5 Å². The highest BCUT2D eigenvalue weighted by molar-refractivity contribution is 5.88. The van der Waals surface area contributed by atoms with E-state index in [1.54, 1.807) is 12.4 Å². The molecule has 2 aromatic rings. The normalized spacial score (nSPS) is 10.3. The first-order chi connectivity index (χ1) is 9.99. The predicted octanol–water partition coefficient (Wildman–Crippen LogP) is 1.65. The molecule has 0 amide bonds. The fourth-order valence-corrected chi connectivity index (χ4v) is 1.80. The van der Waals surface area contributed by atoms with Crippen molar-refractivity contribution in [3.05, 3.63) is 52.1 Å². The molecule has 1 aromatic carbocycles. The largest absolute Gasteiger partial charge is 0.486 e. The van der Waals surface area contributed by atoms with E-state index in [2.05, 4.69) is 4.98 Å². The molecule has 1 aromatic heterocycles. The summed E-state index contributed by atoms with van der Waals surface area (Å²) in [4.78, 5) is 25.3. The van der Waals surface area contributed by atoms with Gasteiger partial charge in [0.2, 0.25) is 0 Å². The lowest BCUT2D eigenvalue weighted by molar-refractivity contribution is -0.385. The van der Waals surface area contributed by atoms with Crippen LogP contribution in [0.25, 0.3) is 0 Å². The molecule has 110 valence electrons. The van der Waals surface area contributed by atoms with Gasteiger partial charge >= 0.3 is 11.7 Å². The maximum Gasteiger partial charge on any atom is 0.335 e. The highest BCUT2D eigenvalue weighted by Crippen LogP contribution is 2.28. The van der Waals surface area contributed by atoms with Gasteiger partial charge in [0.25, 0.3) is 0 Å². The summed E-state index contributed by atoms with van der Waals surface area (Å²) >= 11 is 0. The fourth-order valence-electron chi connectivity index (χ4n) is 1.80. The summed E-state index contributed by atoms with van der Waals surface area (Å²) in [5, 5.41) is 19.8. The van der Waals surface area contributed by atoms with Gasteiger partial charge in [-0.05, 0) is 6.07 Å². The number of hydrogen-bond donors (Lipinski definition) is 1. The van der Waals surface area contributed by atoms with Crippen molar-refractivity contribution in [2.75, 3.05) is 6.61 Å². The third-order valence-corrected chi connectivity index (χ3v) is 2.91. The van der Waals surface area contributed by atoms with Crippen molar-refractivity contribution in [1.29, 1.82) is 0 Å². The number of rotatable bonds is 6. The minimum Gasteiger partial charge on any atom is -0.486 e. The molecule has 0 unspecified atom stereocenters. The molecule has 0 bridgehead atoms. The van der Waals surface area contributed by atoms with Gasteiger partial charge in [0, 0.05) is 38.0 Å². The Bertz CT molecular complexity index is 680. The van der Waals surface area contributed by atoms with E-state index in [-0.39, 0.29) is 23.6 Å². The Kier molecular flexibility index (Phi) is 4.17. The van der Waals surface area contributed by atoms with Gasteiger partial charge in [0.15, 0.2) is 5.75 Å². The topological polar surface area (TPSA) is 107 Å². The summed E-state index contributed by atoms with van der Waals surface area (Å²) in [6.45, 7) is 0.161. The number of carboxylic acids is 1. The number of benzene rings is 1.